The summed E-state index contributed by atoms with van der Waals surface area (Å²) in [5, 5.41) is 2.78. The number of amides is 1. The van der Waals surface area contributed by atoms with Crippen LogP contribution in [0, 0.1) is 0 Å². The summed E-state index contributed by atoms with van der Waals surface area (Å²) in [4.78, 5) is 16.6. The molecule has 1 amide bonds. The Balaban J connectivity index is 1.79. The molecule has 0 aliphatic carbocycles. The lowest BCUT2D eigenvalue weighted by Crippen LogP contribution is -2.28. The molecule has 0 spiro atoms. The molecule has 0 saturated carbocycles. The molecule has 8 heteroatoms. The Hall–Kier alpha value is -2.55. The number of sulfonamides is 1. The van der Waals surface area contributed by atoms with Crippen molar-refractivity contribution in [1.82, 2.24) is 14.6 Å². The number of nitrogens with zero attached hydrogens (tertiary/aromatic N) is 2. The van der Waals surface area contributed by atoms with Crippen LogP contribution in [-0.4, -0.2) is 30.7 Å². The minimum atomic E-state index is -3.79. The van der Waals surface area contributed by atoms with Crippen molar-refractivity contribution >= 4 is 31.9 Å². The second-order valence-corrected chi connectivity index (χ2v) is 9.30. The van der Waals surface area contributed by atoms with Gasteiger partial charge >= 0.3 is 0 Å². The summed E-state index contributed by atoms with van der Waals surface area (Å²) in [5.74, 6) is -0.358. The molecular formula is C21H20BrN3O3S. The van der Waals surface area contributed by atoms with Gasteiger partial charge in [0.25, 0.3) is 5.91 Å². The molecule has 0 aliphatic heterocycles. The molecule has 0 bridgehead atoms. The smallest absolute Gasteiger partial charge is 0.251 e. The molecule has 3 aromatic rings. The number of rotatable bonds is 7. The van der Waals surface area contributed by atoms with Gasteiger partial charge in [0.1, 0.15) is 0 Å². The van der Waals surface area contributed by atoms with Crippen LogP contribution in [0.4, 0.5) is 0 Å². The van der Waals surface area contributed by atoms with E-state index in [0.717, 1.165) is 11.1 Å². The molecule has 150 valence electrons. The van der Waals surface area contributed by atoms with Gasteiger partial charge in [-0.15, -0.1) is 0 Å². The lowest BCUT2D eigenvalue weighted by Gasteiger charge is -2.19. The zero-order valence-electron chi connectivity index (χ0n) is 15.7. The van der Waals surface area contributed by atoms with Crippen molar-refractivity contribution in [3.63, 3.8) is 0 Å². The monoisotopic (exact) mass is 473 g/mol. The SMILES string of the molecule is CN(Cc1ccccc1)S(=O)(=O)c1cc(C(=O)NCc2cccnc2)ccc1Br. The number of carbonyl (C=O) groups excluding carboxylic acids is 1. The zero-order valence-corrected chi connectivity index (χ0v) is 18.2. The normalized spacial score (nSPS) is 11.4. The fourth-order valence-corrected chi connectivity index (χ4v) is 4.83. The number of benzene rings is 2. The van der Waals surface area contributed by atoms with Crippen molar-refractivity contribution < 1.29 is 13.2 Å². The molecule has 0 radical (unpaired) electrons. The van der Waals surface area contributed by atoms with E-state index in [1.54, 1.807) is 30.6 Å². The van der Waals surface area contributed by atoms with Crippen molar-refractivity contribution in [2.75, 3.05) is 7.05 Å². The molecule has 29 heavy (non-hydrogen) atoms. The fraction of sp³-hybridized carbons (Fsp3) is 0.143. The van der Waals surface area contributed by atoms with Crippen molar-refractivity contribution in [2.24, 2.45) is 0 Å². The average Bonchev–Trinajstić information content (AvgIpc) is 2.73. The largest absolute Gasteiger partial charge is 0.348 e. The molecule has 0 atom stereocenters. The molecule has 6 nitrogen and oxygen atoms in total. The van der Waals surface area contributed by atoms with Gasteiger partial charge in [0, 0.05) is 42.6 Å². The first-order chi connectivity index (χ1) is 13.9. The molecule has 0 aliphatic rings. The number of hydrogen-bond donors (Lipinski definition) is 1. The van der Waals surface area contributed by atoms with Gasteiger partial charge in [0.05, 0.1) is 4.90 Å². The van der Waals surface area contributed by atoms with Gasteiger partial charge in [-0.05, 0) is 51.3 Å². The van der Waals surface area contributed by atoms with Crippen molar-refractivity contribution in [1.29, 1.82) is 0 Å². The molecule has 0 unspecified atom stereocenters. The summed E-state index contributed by atoms with van der Waals surface area (Å²) in [6.07, 6.45) is 3.32. The molecule has 1 heterocycles. The van der Waals surface area contributed by atoms with Gasteiger partial charge in [0.2, 0.25) is 10.0 Å². The van der Waals surface area contributed by atoms with Crippen molar-refractivity contribution in [3.8, 4) is 0 Å². The lowest BCUT2D eigenvalue weighted by molar-refractivity contribution is 0.0950. The molecule has 3 rings (SSSR count). The first kappa shape index (κ1) is 21.2. The third-order valence-electron chi connectivity index (χ3n) is 4.31. The number of halogens is 1. The van der Waals surface area contributed by atoms with E-state index in [0.29, 0.717) is 11.0 Å². The molecular weight excluding hydrogens is 454 g/mol. The molecule has 2 aromatic carbocycles. The first-order valence-electron chi connectivity index (χ1n) is 8.85. The van der Waals surface area contributed by atoms with Gasteiger partial charge < -0.3 is 5.32 Å². The molecule has 0 fully saturated rings. The minimum absolute atomic E-state index is 0.0463. The Morgan fingerprint density at radius 2 is 1.79 bits per heavy atom. The second-order valence-electron chi connectivity index (χ2n) is 6.44. The number of carbonyl (C=O) groups is 1. The van der Waals surface area contributed by atoms with E-state index in [1.165, 1.54) is 17.4 Å². The van der Waals surface area contributed by atoms with Crippen LogP contribution in [-0.2, 0) is 23.1 Å². The Morgan fingerprint density at radius 1 is 1.07 bits per heavy atom. The lowest BCUT2D eigenvalue weighted by atomic mass is 10.2. The van der Waals surface area contributed by atoms with Gasteiger partial charge in [-0.3, -0.25) is 9.78 Å². The predicted octanol–water partition coefficient (Wildman–Crippen LogP) is 3.59. The molecule has 1 N–H and O–H groups in total. The maximum absolute atomic E-state index is 13.1. The van der Waals surface area contributed by atoms with Gasteiger partial charge in [-0.2, -0.15) is 4.31 Å². The fourth-order valence-electron chi connectivity index (χ4n) is 2.72. The number of pyridine rings is 1. The highest BCUT2D eigenvalue weighted by molar-refractivity contribution is 9.10. The number of nitrogens with one attached hydrogen (secondary N) is 1. The average molecular weight is 474 g/mol. The maximum Gasteiger partial charge on any atom is 0.251 e. The van der Waals surface area contributed by atoms with Gasteiger partial charge in [0.15, 0.2) is 0 Å². The molecule has 1 aromatic heterocycles. The van der Waals surface area contributed by atoms with Crippen LogP contribution in [0.2, 0.25) is 0 Å². The maximum atomic E-state index is 13.1. The van der Waals surface area contributed by atoms with Crippen LogP contribution in [0.15, 0.2) is 82.4 Å². The van der Waals surface area contributed by atoms with E-state index < -0.39 is 10.0 Å². The minimum Gasteiger partial charge on any atom is -0.348 e. The number of hydrogen-bond acceptors (Lipinski definition) is 4. The van der Waals surface area contributed by atoms with Crippen molar-refractivity contribution in [3.05, 3.63) is 94.2 Å². The van der Waals surface area contributed by atoms with Crippen LogP contribution >= 0.6 is 15.9 Å². The highest BCUT2D eigenvalue weighted by atomic mass is 79.9. The summed E-state index contributed by atoms with van der Waals surface area (Å²) >= 11 is 3.30. The van der Waals surface area contributed by atoms with E-state index in [1.807, 2.05) is 36.4 Å². The summed E-state index contributed by atoms with van der Waals surface area (Å²) in [6, 6.07) is 17.5. The van der Waals surface area contributed by atoms with E-state index in [4.69, 9.17) is 0 Å². The van der Waals surface area contributed by atoms with E-state index in [2.05, 4.69) is 26.2 Å². The van der Waals surface area contributed by atoms with Crippen molar-refractivity contribution in [2.45, 2.75) is 18.0 Å². The second kappa shape index (κ2) is 9.30. The van der Waals surface area contributed by atoms with Crippen LogP contribution < -0.4 is 5.32 Å². The molecule has 0 saturated heterocycles. The van der Waals surface area contributed by atoms with E-state index >= 15 is 0 Å². The zero-order chi connectivity index (χ0) is 20.9. The van der Waals surface area contributed by atoms with Crippen LogP contribution in [0.3, 0.4) is 0 Å². The van der Waals surface area contributed by atoms with Crippen LogP contribution in [0.5, 0.6) is 0 Å². The van der Waals surface area contributed by atoms with E-state index in [9.17, 15) is 13.2 Å². The highest BCUT2D eigenvalue weighted by Gasteiger charge is 2.25. The summed E-state index contributed by atoms with van der Waals surface area (Å²) in [6.45, 7) is 0.534. The topological polar surface area (TPSA) is 79.4 Å². The Bertz CT molecular complexity index is 1090. The van der Waals surface area contributed by atoms with E-state index in [-0.39, 0.29) is 22.9 Å². The third kappa shape index (κ3) is 5.29. The highest BCUT2D eigenvalue weighted by Crippen LogP contribution is 2.26. The Morgan fingerprint density at radius 3 is 2.48 bits per heavy atom. The van der Waals surface area contributed by atoms with Gasteiger partial charge in [-0.25, -0.2) is 8.42 Å². The standard InChI is InChI=1S/C21H20BrN3O3S/c1-25(15-16-6-3-2-4-7-16)29(27,28)20-12-18(9-10-19(20)22)21(26)24-14-17-8-5-11-23-13-17/h2-13H,14-15H2,1H3,(H,24,26). The summed E-state index contributed by atoms with van der Waals surface area (Å²) in [5.41, 5.74) is 2.00. The summed E-state index contributed by atoms with van der Waals surface area (Å²) in [7, 11) is -2.28. The van der Waals surface area contributed by atoms with Crippen LogP contribution in [0.1, 0.15) is 21.5 Å². The third-order valence-corrected chi connectivity index (χ3v) is 7.10. The number of aromatic nitrogens is 1. The summed E-state index contributed by atoms with van der Waals surface area (Å²) < 4.78 is 27.8. The predicted molar refractivity (Wildman–Crippen MR) is 115 cm³/mol. The Kier molecular flexibility index (Phi) is 6.79. The van der Waals surface area contributed by atoms with Gasteiger partial charge in [-0.1, -0.05) is 36.4 Å². The quantitative estimate of drug-likeness (QED) is 0.568. The first-order valence-corrected chi connectivity index (χ1v) is 11.1. The Labute approximate surface area is 178 Å². The van der Waals surface area contributed by atoms with Crippen LogP contribution in [0.25, 0.3) is 0 Å².